The SMILES string of the molecule is O=C(CC(=O)C1CCCC1)c1ccc(Oc2ccccc2)cc1. The van der Waals surface area contributed by atoms with Crippen molar-refractivity contribution in [2.75, 3.05) is 0 Å². The molecule has 0 unspecified atom stereocenters. The summed E-state index contributed by atoms with van der Waals surface area (Å²) in [4.78, 5) is 24.3. The Morgan fingerprint density at radius 2 is 1.48 bits per heavy atom. The van der Waals surface area contributed by atoms with E-state index in [-0.39, 0.29) is 23.9 Å². The first-order valence-corrected chi connectivity index (χ1v) is 8.11. The van der Waals surface area contributed by atoms with Gasteiger partial charge in [-0.15, -0.1) is 0 Å². The van der Waals surface area contributed by atoms with Crippen molar-refractivity contribution in [3.05, 3.63) is 60.2 Å². The van der Waals surface area contributed by atoms with Gasteiger partial charge in [0.05, 0.1) is 6.42 Å². The molecule has 3 rings (SSSR count). The number of benzene rings is 2. The highest BCUT2D eigenvalue weighted by Crippen LogP contribution is 2.27. The lowest BCUT2D eigenvalue weighted by Crippen LogP contribution is -2.15. The van der Waals surface area contributed by atoms with E-state index in [1.807, 2.05) is 30.3 Å². The summed E-state index contributed by atoms with van der Waals surface area (Å²) < 4.78 is 5.70. The summed E-state index contributed by atoms with van der Waals surface area (Å²) in [5, 5.41) is 0. The Morgan fingerprint density at radius 1 is 0.870 bits per heavy atom. The van der Waals surface area contributed by atoms with Crippen LogP contribution in [0.2, 0.25) is 0 Å². The molecule has 2 aromatic carbocycles. The maximum Gasteiger partial charge on any atom is 0.170 e. The van der Waals surface area contributed by atoms with Gasteiger partial charge in [-0.2, -0.15) is 0 Å². The number of hydrogen-bond donors (Lipinski definition) is 0. The number of carbonyl (C=O) groups excluding carboxylic acids is 2. The fraction of sp³-hybridized carbons (Fsp3) is 0.300. The molecule has 0 aromatic heterocycles. The van der Waals surface area contributed by atoms with E-state index in [1.165, 1.54) is 0 Å². The molecule has 0 N–H and O–H groups in total. The predicted molar refractivity (Wildman–Crippen MR) is 88.9 cm³/mol. The van der Waals surface area contributed by atoms with Gasteiger partial charge < -0.3 is 4.74 Å². The Morgan fingerprint density at radius 3 is 2.13 bits per heavy atom. The van der Waals surface area contributed by atoms with Crippen molar-refractivity contribution in [3.8, 4) is 11.5 Å². The van der Waals surface area contributed by atoms with Crippen molar-refractivity contribution in [2.24, 2.45) is 5.92 Å². The quantitative estimate of drug-likeness (QED) is 0.568. The highest BCUT2D eigenvalue weighted by Gasteiger charge is 2.24. The third-order valence-corrected chi connectivity index (χ3v) is 4.30. The van der Waals surface area contributed by atoms with Crippen molar-refractivity contribution in [1.29, 1.82) is 0 Å². The van der Waals surface area contributed by atoms with Crippen LogP contribution in [0.15, 0.2) is 54.6 Å². The van der Waals surface area contributed by atoms with Crippen molar-refractivity contribution in [3.63, 3.8) is 0 Å². The molecule has 3 nitrogen and oxygen atoms in total. The molecule has 1 aliphatic rings. The number of ketones is 2. The van der Waals surface area contributed by atoms with Crippen LogP contribution in [0.25, 0.3) is 0 Å². The Balaban J connectivity index is 1.60. The van der Waals surface area contributed by atoms with Crippen LogP contribution in [-0.2, 0) is 4.79 Å². The number of rotatable bonds is 6. The van der Waals surface area contributed by atoms with Crippen LogP contribution >= 0.6 is 0 Å². The van der Waals surface area contributed by atoms with Crippen LogP contribution < -0.4 is 4.74 Å². The second-order valence-corrected chi connectivity index (χ2v) is 5.99. The van der Waals surface area contributed by atoms with E-state index in [2.05, 4.69) is 0 Å². The Bertz CT molecular complexity index is 668. The zero-order chi connectivity index (χ0) is 16.1. The summed E-state index contributed by atoms with van der Waals surface area (Å²) in [6.45, 7) is 0. The molecule has 2 aromatic rings. The van der Waals surface area contributed by atoms with Gasteiger partial charge in [0.15, 0.2) is 5.78 Å². The van der Waals surface area contributed by atoms with E-state index < -0.39 is 0 Å². The van der Waals surface area contributed by atoms with Gasteiger partial charge >= 0.3 is 0 Å². The van der Waals surface area contributed by atoms with E-state index in [1.54, 1.807) is 24.3 Å². The molecule has 0 spiro atoms. The second-order valence-electron chi connectivity index (χ2n) is 5.99. The minimum absolute atomic E-state index is 0.0174. The largest absolute Gasteiger partial charge is 0.457 e. The number of carbonyl (C=O) groups is 2. The highest BCUT2D eigenvalue weighted by molar-refractivity contribution is 6.08. The van der Waals surface area contributed by atoms with Crippen LogP contribution in [0.4, 0.5) is 0 Å². The summed E-state index contributed by atoms with van der Waals surface area (Å²) in [7, 11) is 0. The Labute approximate surface area is 136 Å². The topological polar surface area (TPSA) is 43.4 Å². The van der Waals surface area contributed by atoms with Crippen molar-refractivity contribution < 1.29 is 14.3 Å². The molecule has 0 heterocycles. The number of Topliss-reactive ketones (excluding diaryl/α,β-unsaturated/α-hetero) is 2. The molecule has 0 amide bonds. The van der Waals surface area contributed by atoms with Gasteiger partial charge in [0.2, 0.25) is 0 Å². The number of para-hydroxylation sites is 1. The van der Waals surface area contributed by atoms with Crippen LogP contribution in [0, 0.1) is 5.92 Å². The first-order valence-electron chi connectivity index (χ1n) is 8.11. The molecule has 118 valence electrons. The van der Waals surface area contributed by atoms with Gasteiger partial charge in [0.1, 0.15) is 17.3 Å². The van der Waals surface area contributed by atoms with Gasteiger partial charge in [-0.1, -0.05) is 31.0 Å². The molecule has 23 heavy (non-hydrogen) atoms. The average Bonchev–Trinajstić information content (AvgIpc) is 3.11. The molecular weight excluding hydrogens is 288 g/mol. The zero-order valence-electron chi connectivity index (χ0n) is 13.0. The lowest BCUT2D eigenvalue weighted by Gasteiger charge is -2.08. The molecule has 1 aliphatic carbocycles. The summed E-state index contributed by atoms with van der Waals surface area (Å²) in [6, 6.07) is 16.5. The van der Waals surface area contributed by atoms with Gasteiger partial charge in [0.25, 0.3) is 0 Å². The first kappa shape index (κ1) is 15.5. The van der Waals surface area contributed by atoms with E-state index in [0.29, 0.717) is 11.3 Å². The fourth-order valence-electron chi connectivity index (χ4n) is 2.99. The Hall–Kier alpha value is -2.42. The van der Waals surface area contributed by atoms with Crippen LogP contribution in [0.3, 0.4) is 0 Å². The van der Waals surface area contributed by atoms with Gasteiger partial charge in [0, 0.05) is 11.5 Å². The van der Waals surface area contributed by atoms with Gasteiger partial charge in [-0.25, -0.2) is 0 Å². The van der Waals surface area contributed by atoms with Crippen LogP contribution in [0.1, 0.15) is 42.5 Å². The maximum absolute atomic E-state index is 12.2. The summed E-state index contributed by atoms with van der Waals surface area (Å²) in [6.07, 6.45) is 4.11. The number of hydrogen-bond acceptors (Lipinski definition) is 3. The third kappa shape index (κ3) is 4.07. The molecule has 1 fully saturated rings. The molecular formula is C20H20O3. The average molecular weight is 308 g/mol. The maximum atomic E-state index is 12.2. The molecule has 0 bridgehead atoms. The van der Waals surface area contributed by atoms with E-state index in [0.717, 1.165) is 31.4 Å². The molecule has 0 atom stereocenters. The van der Waals surface area contributed by atoms with Crippen molar-refractivity contribution in [2.45, 2.75) is 32.1 Å². The van der Waals surface area contributed by atoms with Crippen molar-refractivity contribution in [1.82, 2.24) is 0 Å². The summed E-state index contributed by atoms with van der Waals surface area (Å²) >= 11 is 0. The molecule has 0 radical (unpaired) electrons. The standard InChI is InChI=1S/C20H20O3/c21-19(15-6-4-5-7-15)14-20(22)16-10-12-18(13-11-16)23-17-8-2-1-3-9-17/h1-3,8-13,15H,4-7,14H2. The Kier molecular flexibility index (Phi) is 4.86. The smallest absolute Gasteiger partial charge is 0.170 e. The lowest BCUT2D eigenvalue weighted by atomic mass is 9.96. The summed E-state index contributed by atoms with van der Waals surface area (Å²) in [5.41, 5.74) is 0.566. The monoisotopic (exact) mass is 308 g/mol. The van der Waals surface area contributed by atoms with Gasteiger partial charge in [-0.3, -0.25) is 9.59 Å². The normalized spacial score (nSPS) is 14.6. The number of ether oxygens (including phenoxy) is 1. The van der Waals surface area contributed by atoms with Gasteiger partial charge in [-0.05, 0) is 49.2 Å². The van der Waals surface area contributed by atoms with Crippen LogP contribution in [-0.4, -0.2) is 11.6 Å². The molecule has 0 saturated heterocycles. The zero-order valence-corrected chi connectivity index (χ0v) is 13.0. The summed E-state index contributed by atoms with van der Waals surface area (Å²) in [5.74, 6) is 1.52. The lowest BCUT2D eigenvalue weighted by molar-refractivity contribution is -0.121. The van der Waals surface area contributed by atoms with E-state index >= 15 is 0 Å². The van der Waals surface area contributed by atoms with Crippen LogP contribution in [0.5, 0.6) is 11.5 Å². The second kappa shape index (κ2) is 7.23. The highest BCUT2D eigenvalue weighted by atomic mass is 16.5. The minimum Gasteiger partial charge on any atom is -0.457 e. The molecule has 1 saturated carbocycles. The van der Waals surface area contributed by atoms with E-state index in [4.69, 9.17) is 4.74 Å². The first-order chi connectivity index (χ1) is 11.2. The third-order valence-electron chi connectivity index (χ3n) is 4.30. The van der Waals surface area contributed by atoms with Crippen molar-refractivity contribution >= 4 is 11.6 Å². The van der Waals surface area contributed by atoms with E-state index in [9.17, 15) is 9.59 Å². The fourth-order valence-corrected chi connectivity index (χ4v) is 2.99. The minimum atomic E-state index is -0.104. The molecule has 3 heteroatoms. The molecule has 0 aliphatic heterocycles. The predicted octanol–water partition coefficient (Wildman–Crippen LogP) is 4.81.